The Morgan fingerprint density at radius 1 is 1.08 bits per heavy atom. The maximum Gasteiger partial charge on any atom is 0.122 e. The van der Waals surface area contributed by atoms with Crippen LogP contribution in [-0.2, 0) is 6.42 Å². The summed E-state index contributed by atoms with van der Waals surface area (Å²) in [6, 6.07) is 16.0. The Morgan fingerprint density at radius 3 is 2.48 bits per heavy atom. The molecule has 0 heterocycles. The van der Waals surface area contributed by atoms with Gasteiger partial charge in [-0.05, 0) is 62.7 Å². The maximum absolute atomic E-state index is 10.2. The number of rotatable bonds is 10. The molecule has 4 nitrogen and oxygen atoms in total. The summed E-state index contributed by atoms with van der Waals surface area (Å²) in [5, 5.41) is 10.2. The Hall–Kier alpha value is -2.04. The fourth-order valence-electron chi connectivity index (χ4n) is 2.75. The van der Waals surface area contributed by atoms with Gasteiger partial charge < -0.3 is 19.5 Å². The number of methoxy groups -OCH3 is 1. The Kier molecular flexibility index (Phi) is 7.76. The van der Waals surface area contributed by atoms with Gasteiger partial charge >= 0.3 is 0 Å². The molecule has 0 saturated heterocycles. The van der Waals surface area contributed by atoms with Crippen LogP contribution in [-0.4, -0.2) is 50.0 Å². The summed E-state index contributed by atoms with van der Waals surface area (Å²) >= 11 is 0. The van der Waals surface area contributed by atoms with E-state index in [4.69, 9.17) is 9.47 Å². The second-order valence-corrected chi connectivity index (χ2v) is 6.44. The monoisotopic (exact) mass is 343 g/mol. The van der Waals surface area contributed by atoms with Crippen LogP contribution in [0.3, 0.4) is 0 Å². The van der Waals surface area contributed by atoms with Crippen molar-refractivity contribution in [3.05, 3.63) is 59.7 Å². The Morgan fingerprint density at radius 2 is 1.80 bits per heavy atom. The van der Waals surface area contributed by atoms with Gasteiger partial charge in [-0.2, -0.15) is 0 Å². The zero-order valence-corrected chi connectivity index (χ0v) is 15.4. The highest BCUT2D eigenvalue weighted by Crippen LogP contribution is 2.16. The summed E-state index contributed by atoms with van der Waals surface area (Å²) in [6.45, 7) is 3.86. The Bertz CT molecular complexity index is 627. The highest BCUT2D eigenvalue weighted by Gasteiger charge is 2.10. The second-order valence-electron chi connectivity index (χ2n) is 6.44. The molecule has 1 N–H and O–H groups in total. The average molecular weight is 343 g/mol. The number of benzene rings is 2. The highest BCUT2D eigenvalue weighted by molar-refractivity contribution is 5.31. The van der Waals surface area contributed by atoms with Crippen molar-refractivity contribution in [2.45, 2.75) is 25.9 Å². The number of ether oxygens (including phenoxy) is 2. The fraction of sp³-hybridized carbons (Fsp3) is 0.429. The largest absolute Gasteiger partial charge is 0.497 e. The molecule has 0 spiro atoms. The third-order valence-corrected chi connectivity index (χ3v) is 4.21. The maximum atomic E-state index is 10.2. The van der Waals surface area contributed by atoms with Gasteiger partial charge in [0.15, 0.2) is 0 Å². The van der Waals surface area contributed by atoms with E-state index in [2.05, 4.69) is 17.0 Å². The van der Waals surface area contributed by atoms with Crippen molar-refractivity contribution >= 4 is 0 Å². The van der Waals surface area contributed by atoms with Gasteiger partial charge in [-0.1, -0.05) is 30.3 Å². The number of aliphatic hydroxyl groups is 1. The van der Waals surface area contributed by atoms with E-state index in [-0.39, 0.29) is 0 Å². The SMILES string of the molecule is COc1ccc(CCCN(C)CC(O)COc2ccccc2C)cc1. The number of aryl methyl sites for hydroxylation is 2. The topological polar surface area (TPSA) is 41.9 Å². The molecule has 2 aromatic rings. The summed E-state index contributed by atoms with van der Waals surface area (Å²) < 4.78 is 10.9. The van der Waals surface area contributed by atoms with Crippen LogP contribution in [0.2, 0.25) is 0 Å². The summed E-state index contributed by atoms with van der Waals surface area (Å²) in [7, 11) is 3.71. The lowest BCUT2D eigenvalue weighted by Gasteiger charge is -2.21. The number of hydrogen-bond acceptors (Lipinski definition) is 4. The molecule has 0 aliphatic carbocycles. The lowest BCUT2D eigenvalue weighted by molar-refractivity contribution is 0.0758. The van der Waals surface area contributed by atoms with Crippen LogP contribution in [0.5, 0.6) is 11.5 Å². The molecule has 0 fully saturated rings. The van der Waals surface area contributed by atoms with Crippen LogP contribution in [0, 0.1) is 6.92 Å². The Labute approximate surface area is 151 Å². The molecule has 2 aromatic carbocycles. The van der Waals surface area contributed by atoms with E-state index >= 15 is 0 Å². The first-order valence-electron chi connectivity index (χ1n) is 8.76. The summed E-state index contributed by atoms with van der Waals surface area (Å²) in [6.07, 6.45) is 1.57. The fourth-order valence-corrected chi connectivity index (χ4v) is 2.75. The van der Waals surface area contributed by atoms with E-state index in [1.54, 1.807) is 7.11 Å². The first kappa shape index (κ1) is 19.3. The predicted molar refractivity (Wildman–Crippen MR) is 101 cm³/mol. The molecule has 1 unspecified atom stereocenters. The number of para-hydroxylation sites is 1. The van der Waals surface area contributed by atoms with Crippen LogP contribution in [0.1, 0.15) is 17.5 Å². The molecule has 0 amide bonds. The van der Waals surface area contributed by atoms with Crippen molar-refractivity contribution < 1.29 is 14.6 Å². The second kappa shape index (κ2) is 10.1. The lowest BCUT2D eigenvalue weighted by Crippen LogP contribution is -2.33. The van der Waals surface area contributed by atoms with E-state index < -0.39 is 6.10 Å². The van der Waals surface area contributed by atoms with Gasteiger partial charge in [-0.3, -0.25) is 0 Å². The molecule has 0 saturated carbocycles. The van der Waals surface area contributed by atoms with Crippen molar-refractivity contribution in [2.75, 3.05) is 33.9 Å². The van der Waals surface area contributed by atoms with Gasteiger partial charge in [0.1, 0.15) is 24.2 Å². The van der Waals surface area contributed by atoms with Gasteiger partial charge in [0.25, 0.3) is 0 Å². The normalized spacial score (nSPS) is 12.2. The van der Waals surface area contributed by atoms with Gasteiger partial charge in [0, 0.05) is 6.54 Å². The van der Waals surface area contributed by atoms with Crippen LogP contribution >= 0.6 is 0 Å². The van der Waals surface area contributed by atoms with Gasteiger partial charge in [0.05, 0.1) is 7.11 Å². The molecule has 0 aliphatic rings. The van der Waals surface area contributed by atoms with Crippen LogP contribution in [0.15, 0.2) is 48.5 Å². The first-order valence-corrected chi connectivity index (χ1v) is 8.76. The Balaban J connectivity index is 1.65. The third-order valence-electron chi connectivity index (χ3n) is 4.21. The summed E-state index contributed by atoms with van der Waals surface area (Å²) in [5.74, 6) is 1.72. The third kappa shape index (κ3) is 6.77. The van der Waals surface area contributed by atoms with E-state index in [1.165, 1.54) is 5.56 Å². The molecular weight excluding hydrogens is 314 g/mol. The molecule has 136 valence electrons. The molecule has 0 aromatic heterocycles. The number of aliphatic hydroxyl groups excluding tert-OH is 1. The van der Waals surface area contributed by atoms with Crippen LogP contribution in [0.4, 0.5) is 0 Å². The van der Waals surface area contributed by atoms with Gasteiger partial charge in [0.2, 0.25) is 0 Å². The van der Waals surface area contributed by atoms with Crippen molar-refractivity contribution in [1.29, 1.82) is 0 Å². The van der Waals surface area contributed by atoms with Crippen molar-refractivity contribution in [2.24, 2.45) is 0 Å². The van der Waals surface area contributed by atoms with Crippen LogP contribution in [0.25, 0.3) is 0 Å². The standard InChI is InChI=1S/C21H29NO3/c1-17-7-4-5-9-21(17)25-16-19(23)15-22(2)14-6-8-18-10-12-20(24-3)13-11-18/h4-5,7,9-13,19,23H,6,8,14-16H2,1-3H3. The highest BCUT2D eigenvalue weighted by atomic mass is 16.5. The summed E-state index contributed by atoms with van der Waals surface area (Å²) in [5.41, 5.74) is 2.39. The number of hydrogen-bond donors (Lipinski definition) is 1. The smallest absolute Gasteiger partial charge is 0.122 e. The molecule has 0 radical (unpaired) electrons. The molecular formula is C21H29NO3. The molecule has 4 heteroatoms. The van der Waals surface area contributed by atoms with Gasteiger partial charge in [-0.25, -0.2) is 0 Å². The molecule has 2 rings (SSSR count). The average Bonchev–Trinajstić information content (AvgIpc) is 2.61. The molecule has 0 aliphatic heterocycles. The molecule has 1 atom stereocenters. The van der Waals surface area contributed by atoms with Crippen molar-refractivity contribution in [3.63, 3.8) is 0 Å². The lowest BCUT2D eigenvalue weighted by atomic mass is 10.1. The summed E-state index contributed by atoms with van der Waals surface area (Å²) in [4.78, 5) is 2.15. The molecule has 0 bridgehead atoms. The van der Waals surface area contributed by atoms with E-state index in [0.29, 0.717) is 13.2 Å². The minimum atomic E-state index is -0.495. The van der Waals surface area contributed by atoms with E-state index in [0.717, 1.165) is 36.4 Å². The quantitative estimate of drug-likeness (QED) is 0.719. The van der Waals surface area contributed by atoms with Gasteiger partial charge in [-0.15, -0.1) is 0 Å². The van der Waals surface area contributed by atoms with E-state index in [1.807, 2.05) is 50.4 Å². The van der Waals surface area contributed by atoms with Crippen molar-refractivity contribution in [3.8, 4) is 11.5 Å². The molecule has 25 heavy (non-hydrogen) atoms. The zero-order valence-electron chi connectivity index (χ0n) is 15.4. The number of nitrogens with zero attached hydrogens (tertiary/aromatic N) is 1. The van der Waals surface area contributed by atoms with Crippen LogP contribution < -0.4 is 9.47 Å². The minimum absolute atomic E-state index is 0.313. The number of likely N-dealkylation sites (N-methyl/N-ethyl adjacent to an activating group) is 1. The minimum Gasteiger partial charge on any atom is -0.497 e. The zero-order chi connectivity index (χ0) is 18.1. The van der Waals surface area contributed by atoms with Crippen molar-refractivity contribution in [1.82, 2.24) is 4.90 Å². The predicted octanol–water partition coefficient (Wildman–Crippen LogP) is 3.31. The van der Waals surface area contributed by atoms with E-state index in [9.17, 15) is 5.11 Å². The first-order chi connectivity index (χ1) is 12.1.